The van der Waals surface area contributed by atoms with Crippen LogP contribution >= 0.6 is 0 Å². The van der Waals surface area contributed by atoms with E-state index in [-0.39, 0.29) is 5.97 Å². The number of hydrogen-bond donors (Lipinski definition) is 1. The second kappa shape index (κ2) is 7.83. The molecule has 132 valence electrons. The molecule has 0 amide bonds. The van der Waals surface area contributed by atoms with Crippen LogP contribution in [0, 0.1) is 5.92 Å². The fourth-order valence-electron chi connectivity index (χ4n) is 3.77. The minimum absolute atomic E-state index is 0.295. The number of esters is 1. The Morgan fingerprint density at radius 2 is 1.60 bits per heavy atom. The van der Waals surface area contributed by atoms with Gasteiger partial charge >= 0.3 is 5.97 Å². The number of ether oxygens (including phenoxy) is 1. The van der Waals surface area contributed by atoms with Crippen molar-refractivity contribution in [3.05, 3.63) is 71.8 Å². The summed E-state index contributed by atoms with van der Waals surface area (Å²) in [6.07, 6.45) is 4.26. The molecule has 0 aliphatic carbocycles. The molecule has 0 aromatic heterocycles. The molecule has 2 aromatic rings. The lowest BCUT2D eigenvalue weighted by atomic mass is 9.75. The summed E-state index contributed by atoms with van der Waals surface area (Å²) in [6, 6.07) is 19.0. The summed E-state index contributed by atoms with van der Waals surface area (Å²) in [7, 11) is 0. The van der Waals surface area contributed by atoms with E-state index in [1.165, 1.54) is 0 Å². The first-order chi connectivity index (χ1) is 12.2. The minimum atomic E-state index is -1.33. The van der Waals surface area contributed by atoms with Crippen molar-refractivity contribution < 1.29 is 14.6 Å². The molecule has 3 nitrogen and oxygen atoms in total. The van der Waals surface area contributed by atoms with Crippen LogP contribution in [-0.4, -0.2) is 11.1 Å². The van der Waals surface area contributed by atoms with Crippen molar-refractivity contribution in [1.29, 1.82) is 0 Å². The average molecular weight is 338 g/mol. The van der Waals surface area contributed by atoms with Crippen molar-refractivity contribution >= 4 is 5.97 Å². The molecule has 0 saturated carbocycles. The van der Waals surface area contributed by atoms with Gasteiger partial charge in [-0.15, -0.1) is 0 Å². The van der Waals surface area contributed by atoms with Gasteiger partial charge in [0, 0.05) is 0 Å². The van der Waals surface area contributed by atoms with Crippen LogP contribution in [0.4, 0.5) is 0 Å². The molecule has 2 aromatic carbocycles. The van der Waals surface area contributed by atoms with Gasteiger partial charge in [-0.2, -0.15) is 0 Å². The summed E-state index contributed by atoms with van der Waals surface area (Å²) in [4.78, 5) is 12.6. The molecule has 0 unspecified atom stereocenters. The lowest BCUT2D eigenvalue weighted by Crippen LogP contribution is -2.37. The first-order valence-electron chi connectivity index (χ1n) is 9.21. The second-order valence-electron chi connectivity index (χ2n) is 6.82. The Bertz CT molecular complexity index is 683. The highest BCUT2D eigenvalue weighted by Crippen LogP contribution is 2.51. The van der Waals surface area contributed by atoms with E-state index in [9.17, 15) is 9.90 Å². The summed E-state index contributed by atoms with van der Waals surface area (Å²) >= 11 is 0. The van der Waals surface area contributed by atoms with E-state index >= 15 is 0 Å². The zero-order valence-electron chi connectivity index (χ0n) is 14.7. The van der Waals surface area contributed by atoms with Crippen molar-refractivity contribution in [3.8, 4) is 0 Å². The van der Waals surface area contributed by atoms with Crippen molar-refractivity contribution in [2.45, 2.75) is 50.7 Å². The van der Waals surface area contributed by atoms with E-state index in [1.54, 1.807) is 0 Å². The Hall–Kier alpha value is -2.13. The summed E-state index contributed by atoms with van der Waals surface area (Å²) in [5, 5.41) is 11.7. The number of aliphatic hydroxyl groups is 1. The molecule has 0 bridgehead atoms. The fraction of sp³-hybridized carbons (Fsp3) is 0.409. The molecule has 3 heteroatoms. The number of benzene rings is 2. The smallest absolute Gasteiger partial charge is 0.313 e. The fourth-order valence-corrected chi connectivity index (χ4v) is 3.77. The lowest BCUT2D eigenvalue weighted by molar-refractivity contribution is -0.144. The van der Waals surface area contributed by atoms with Crippen molar-refractivity contribution in [2.75, 3.05) is 0 Å². The quantitative estimate of drug-likeness (QED) is 0.585. The number of carbonyl (C=O) groups is 1. The molecular weight excluding hydrogens is 312 g/mol. The number of carbonyl (C=O) groups excluding carboxylic acids is 1. The first kappa shape index (κ1) is 17.7. The van der Waals surface area contributed by atoms with Crippen LogP contribution in [0.2, 0.25) is 0 Å². The third kappa shape index (κ3) is 3.47. The van der Waals surface area contributed by atoms with Gasteiger partial charge in [0.1, 0.15) is 5.60 Å². The van der Waals surface area contributed by atoms with Crippen LogP contribution in [0.3, 0.4) is 0 Å². The van der Waals surface area contributed by atoms with Crippen molar-refractivity contribution in [1.82, 2.24) is 0 Å². The molecule has 1 fully saturated rings. The molecule has 1 aliphatic rings. The third-order valence-electron chi connectivity index (χ3n) is 5.13. The van der Waals surface area contributed by atoms with Crippen molar-refractivity contribution in [2.24, 2.45) is 5.92 Å². The van der Waals surface area contributed by atoms with Crippen LogP contribution in [0.25, 0.3) is 0 Å². The molecule has 1 N–H and O–H groups in total. The van der Waals surface area contributed by atoms with Crippen LogP contribution in [0.5, 0.6) is 0 Å². The summed E-state index contributed by atoms with van der Waals surface area (Å²) in [5.41, 5.74) is 0.250. The van der Waals surface area contributed by atoms with Gasteiger partial charge in [-0.25, -0.2) is 0 Å². The maximum absolute atomic E-state index is 12.6. The molecule has 1 saturated heterocycles. The molecular formula is C22H26O3. The SMILES string of the molecule is CCCCCC[C@@H]1C(=O)O[C@H](c2ccccc2)[C@@]1(O)c1ccccc1. The summed E-state index contributed by atoms with van der Waals surface area (Å²) in [6.45, 7) is 2.16. The zero-order valence-corrected chi connectivity index (χ0v) is 14.7. The normalized spacial score (nSPS) is 25.8. The lowest BCUT2D eigenvalue weighted by Gasteiger charge is -2.32. The summed E-state index contributed by atoms with van der Waals surface area (Å²) in [5.74, 6) is -0.825. The Morgan fingerprint density at radius 1 is 0.960 bits per heavy atom. The maximum Gasteiger partial charge on any atom is 0.313 e. The third-order valence-corrected chi connectivity index (χ3v) is 5.13. The Morgan fingerprint density at radius 3 is 2.24 bits per heavy atom. The van der Waals surface area contributed by atoms with E-state index in [4.69, 9.17) is 4.74 Å². The Labute approximate surface area is 149 Å². The van der Waals surface area contributed by atoms with E-state index in [0.29, 0.717) is 6.42 Å². The van der Waals surface area contributed by atoms with Gasteiger partial charge in [0.2, 0.25) is 0 Å². The molecule has 25 heavy (non-hydrogen) atoms. The first-order valence-corrected chi connectivity index (χ1v) is 9.21. The molecule has 0 spiro atoms. The van der Waals surface area contributed by atoms with Gasteiger partial charge in [-0.1, -0.05) is 93.3 Å². The van der Waals surface area contributed by atoms with Gasteiger partial charge in [0.25, 0.3) is 0 Å². The number of unbranched alkanes of at least 4 members (excludes halogenated alkanes) is 3. The van der Waals surface area contributed by atoms with E-state index in [2.05, 4.69) is 6.92 Å². The van der Waals surface area contributed by atoms with Gasteiger partial charge in [-0.3, -0.25) is 4.79 Å². The zero-order chi connectivity index (χ0) is 17.7. The van der Waals surface area contributed by atoms with Crippen LogP contribution in [0.1, 0.15) is 56.3 Å². The molecule has 1 aliphatic heterocycles. The van der Waals surface area contributed by atoms with E-state index in [1.807, 2.05) is 60.7 Å². The Kier molecular flexibility index (Phi) is 5.54. The number of hydrogen-bond acceptors (Lipinski definition) is 3. The summed E-state index contributed by atoms with van der Waals surface area (Å²) < 4.78 is 5.70. The van der Waals surface area contributed by atoms with Crippen LogP contribution < -0.4 is 0 Å². The average Bonchev–Trinajstić information content (AvgIpc) is 2.92. The number of cyclic esters (lactones) is 1. The highest BCUT2D eigenvalue weighted by molar-refractivity contribution is 5.78. The van der Waals surface area contributed by atoms with E-state index in [0.717, 1.165) is 36.8 Å². The van der Waals surface area contributed by atoms with Crippen LogP contribution in [0.15, 0.2) is 60.7 Å². The van der Waals surface area contributed by atoms with Gasteiger partial charge in [0.05, 0.1) is 5.92 Å². The van der Waals surface area contributed by atoms with Crippen molar-refractivity contribution in [3.63, 3.8) is 0 Å². The topological polar surface area (TPSA) is 46.5 Å². The van der Waals surface area contributed by atoms with Gasteiger partial charge in [0.15, 0.2) is 6.10 Å². The maximum atomic E-state index is 12.6. The molecule has 3 rings (SSSR count). The second-order valence-corrected chi connectivity index (χ2v) is 6.82. The number of rotatable bonds is 7. The highest BCUT2D eigenvalue weighted by atomic mass is 16.6. The minimum Gasteiger partial charge on any atom is -0.454 e. The predicted molar refractivity (Wildman–Crippen MR) is 97.9 cm³/mol. The van der Waals surface area contributed by atoms with E-state index < -0.39 is 17.6 Å². The highest BCUT2D eigenvalue weighted by Gasteiger charge is 2.57. The van der Waals surface area contributed by atoms with Gasteiger partial charge < -0.3 is 9.84 Å². The molecule has 1 heterocycles. The van der Waals surface area contributed by atoms with Gasteiger partial charge in [-0.05, 0) is 17.5 Å². The van der Waals surface area contributed by atoms with Crippen LogP contribution in [-0.2, 0) is 15.1 Å². The predicted octanol–water partition coefficient (Wildman–Crippen LogP) is 4.76. The monoisotopic (exact) mass is 338 g/mol. The molecule has 3 atom stereocenters. The largest absolute Gasteiger partial charge is 0.454 e. The Balaban J connectivity index is 1.95. The molecule has 0 radical (unpaired) electrons. The standard InChI is InChI=1S/C22H26O3/c1-2-3-4-11-16-19-21(23)25-20(17-12-7-5-8-13-17)22(19,24)18-14-9-6-10-15-18/h5-10,12-15,19-20,24H,2-4,11,16H2,1H3/t19-,20-,22-/m1/s1.